The molecule has 0 aromatic heterocycles. The highest BCUT2D eigenvalue weighted by molar-refractivity contribution is 14.0. The normalized spacial score (nSPS) is 19.6. The highest BCUT2D eigenvalue weighted by Gasteiger charge is 2.31. The van der Waals surface area contributed by atoms with Crippen LogP contribution in [-0.2, 0) is 4.79 Å². The van der Waals surface area contributed by atoms with Gasteiger partial charge in [0.1, 0.15) is 0 Å². The topological polar surface area (TPSA) is 85.8 Å². The molecule has 4 N–H and O–H groups in total. The van der Waals surface area contributed by atoms with Gasteiger partial charge in [-0.2, -0.15) is 0 Å². The molecule has 0 bridgehead atoms. The highest BCUT2D eigenvalue weighted by Crippen LogP contribution is 2.39. The summed E-state index contributed by atoms with van der Waals surface area (Å²) in [7, 11) is 0. The van der Waals surface area contributed by atoms with Crippen LogP contribution < -0.4 is 16.0 Å². The fourth-order valence-electron chi connectivity index (χ4n) is 3.94. The van der Waals surface area contributed by atoms with E-state index in [1.54, 1.807) is 0 Å². The van der Waals surface area contributed by atoms with Crippen LogP contribution in [0, 0.1) is 11.3 Å². The minimum Gasteiger partial charge on any atom is -0.396 e. The number of nitrogens with zero attached hydrogens (tertiary/aromatic N) is 1. The molecule has 0 radical (unpaired) electrons. The molecular formula is C20H39IN4O2. The van der Waals surface area contributed by atoms with Crippen LogP contribution in [0.5, 0.6) is 0 Å². The molecule has 0 aliphatic heterocycles. The van der Waals surface area contributed by atoms with Gasteiger partial charge in [0.05, 0.1) is 0 Å². The van der Waals surface area contributed by atoms with E-state index in [0.717, 1.165) is 57.8 Å². The van der Waals surface area contributed by atoms with Gasteiger partial charge in [0.2, 0.25) is 5.91 Å². The third-order valence-corrected chi connectivity index (χ3v) is 5.89. The largest absolute Gasteiger partial charge is 0.396 e. The van der Waals surface area contributed by atoms with E-state index in [1.807, 2.05) is 0 Å². The molecule has 6 nitrogen and oxygen atoms in total. The molecule has 27 heavy (non-hydrogen) atoms. The Labute approximate surface area is 181 Å². The molecule has 2 rings (SSSR count). The van der Waals surface area contributed by atoms with Crippen LogP contribution in [0.3, 0.4) is 0 Å². The summed E-state index contributed by atoms with van der Waals surface area (Å²) >= 11 is 0. The average molecular weight is 494 g/mol. The molecule has 2 fully saturated rings. The summed E-state index contributed by atoms with van der Waals surface area (Å²) in [5.41, 5.74) is 0.173. The number of aliphatic imine (C=N–C) groups is 1. The molecular weight excluding hydrogens is 455 g/mol. The summed E-state index contributed by atoms with van der Waals surface area (Å²) in [5.74, 6) is 1.33. The minimum atomic E-state index is 0. The van der Waals surface area contributed by atoms with E-state index >= 15 is 0 Å². The summed E-state index contributed by atoms with van der Waals surface area (Å²) in [6, 6.07) is 0. The standard InChI is InChI=1S/C20H38N4O2.HI/c1-2-21-19(23-14-7-13-22-18(26)17-8-6-9-17)24-16-20(12-15-25)10-4-3-5-11-20;/h17,25H,2-16H2,1H3,(H,22,26)(H2,21,23,24);1H. The molecule has 0 aromatic rings. The zero-order chi connectivity index (χ0) is 18.7. The maximum Gasteiger partial charge on any atom is 0.223 e. The van der Waals surface area contributed by atoms with Crippen molar-refractivity contribution < 1.29 is 9.90 Å². The van der Waals surface area contributed by atoms with E-state index in [9.17, 15) is 9.90 Å². The minimum absolute atomic E-state index is 0. The summed E-state index contributed by atoms with van der Waals surface area (Å²) in [4.78, 5) is 16.6. The van der Waals surface area contributed by atoms with Crippen molar-refractivity contribution in [2.45, 2.75) is 71.1 Å². The van der Waals surface area contributed by atoms with Crippen LogP contribution in [0.15, 0.2) is 4.99 Å². The second-order valence-electron chi connectivity index (χ2n) is 7.93. The quantitative estimate of drug-likeness (QED) is 0.163. The first kappa shape index (κ1) is 24.5. The lowest BCUT2D eigenvalue weighted by atomic mass is 9.72. The first-order valence-corrected chi connectivity index (χ1v) is 10.6. The van der Waals surface area contributed by atoms with Gasteiger partial charge in [-0.25, -0.2) is 0 Å². The Balaban J connectivity index is 0.00000364. The third-order valence-electron chi connectivity index (χ3n) is 5.89. The van der Waals surface area contributed by atoms with Crippen molar-refractivity contribution in [2.24, 2.45) is 16.3 Å². The van der Waals surface area contributed by atoms with Gasteiger partial charge in [0, 0.05) is 38.7 Å². The molecule has 0 unspecified atom stereocenters. The van der Waals surface area contributed by atoms with Crippen molar-refractivity contribution >= 4 is 35.8 Å². The Hall–Kier alpha value is -0.570. The van der Waals surface area contributed by atoms with Gasteiger partial charge in [-0.15, -0.1) is 24.0 Å². The van der Waals surface area contributed by atoms with E-state index in [4.69, 9.17) is 4.99 Å². The van der Waals surface area contributed by atoms with Gasteiger partial charge in [0.15, 0.2) is 5.96 Å². The molecule has 2 aliphatic carbocycles. The van der Waals surface area contributed by atoms with Crippen LogP contribution in [-0.4, -0.2) is 49.8 Å². The Bertz CT molecular complexity index is 444. The van der Waals surface area contributed by atoms with E-state index in [0.29, 0.717) is 0 Å². The predicted molar refractivity (Wildman–Crippen MR) is 122 cm³/mol. The number of nitrogens with one attached hydrogen (secondary N) is 3. The van der Waals surface area contributed by atoms with Crippen LogP contribution in [0.4, 0.5) is 0 Å². The molecule has 0 aromatic carbocycles. The van der Waals surface area contributed by atoms with E-state index < -0.39 is 0 Å². The van der Waals surface area contributed by atoms with Crippen LogP contribution in [0.1, 0.15) is 71.1 Å². The number of aliphatic hydroxyl groups excluding tert-OH is 1. The van der Waals surface area contributed by atoms with Crippen LogP contribution in [0.2, 0.25) is 0 Å². The zero-order valence-electron chi connectivity index (χ0n) is 16.9. The number of amides is 1. The molecule has 2 saturated carbocycles. The zero-order valence-corrected chi connectivity index (χ0v) is 19.2. The first-order chi connectivity index (χ1) is 12.7. The monoisotopic (exact) mass is 494 g/mol. The van der Waals surface area contributed by atoms with Crippen molar-refractivity contribution in [3.63, 3.8) is 0 Å². The van der Waals surface area contributed by atoms with Crippen LogP contribution in [0.25, 0.3) is 0 Å². The molecule has 0 spiro atoms. The van der Waals surface area contributed by atoms with Gasteiger partial charge in [0.25, 0.3) is 0 Å². The SMILES string of the molecule is CCNC(=NCC1(CCO)CCCCC1)NCCCNC(=O)C1CCC1.I. The van der Waals surface area contributed by atoms with E-state index in [-0.39, 0.29) is 47.8 Å². The smallest absolute Gasteiger partial charge is 0.223 e. The molecule has 0 heterocycles. The molecule has 1 amide bonds. The Kier molecular flexibility index (Phi) is 12.3. The summed E-state index contributed by atoms with van der Waals surface area (Å²) in [5, 5.41) is 19.2. The number of carbonyl (C=O) groups is 1. The number of hydrogen-bond donors (Lipinski definition) is 4. The fraction of sp³-hybridized carbons (Fsp3) is 0.900. The van der Waals surface area contributed by atoms with E-state index in [1.165, 1.54) is 38.5 Å². The van der Waals surface area contributed by atoms with Gasteiger partial charge in [-0.05, 0) is 50.9 Å². The maximum absolute atomic E-state index is 11.8. The summed E-state index contributed by atoms with van der Waals surface area (Å²) in [6.45, 7) is 5.44. The lowest BCUT2D eigenvalue weighted by Gasteiger charge is -2.35. The molecule has 0 atom stereocenters. The molecule has 7 heteroatoms. The number of aliphatic hydroxyl groups is 1. The molecule has 2 aliphatic rings. The highest BCUT2D eigenvalue weighted by atomic mass is 127. The van der Waals surface area contributed by atoms with Gasteiger partial charge in [-0.3, -0.25) is 9.79 Å². The number of halogens is 1. The average Bonchev–Trinajstić information content (AvgIpc) is 2.59. The predicted octanol–water partition coefficient (Wildman–Crippen LogP) is 2.80. The van der Waals surface area contributed by atoms with Crippen molar-refractivity contribution in [1.29, 1.82) is 0 Å². The van der Waals surface area contributed by atoms with Crippen molar-refractivity contribution in [3.8, 4) is 0 Å². The summed E-state index contributed by atoms with van der Waals surface area (Å²) < 4.78 is 0. The lowest BCUT2D eigenvalue weighted by molar-refractivity contribution is -0.127. The first-order valence-electron chi connectivity index (χ1n) is 10.6. The molecule has 0 saturated heterocycles. The lowest BCUT2D eigenvalue weighted by Crippen LogP contribution is -2.41. The Morgan fingerprint density at radius 2 is 1.78 bits per heavy atom. The second-order valence-corrected chi connectivity index (χ2v) is 7.93. The van der Waals surface area contributed by atoms with Crippen molar-refractivity contribution in [2.75, 3.05) is 32.8 Å². The van der Waals surface area contributed by atoms with Crippen LogP contribution >= 0.6 is 24.0 Å². The summed E-state index contributed by atoms with van der Waals surface area (Å²) in [6.07, 6.45) is 11.2. The number of carbonyl (C=O) groups excluding carboxylic acids is 1. The number of rotatable bonds is 10. The Morgan fingerprint density at radius 3 is 2.37 bits per heavy atom. The number of hydrogen-bond acceptors (Lipinski definition) is 3. The van der Waals surface area contributed by atoms with Crippen molar-refractivity contribution in [1.82, 2.24) is 16.0 Å². The van der Waals surface area contributed by atoms with Crippen molar-refractivity contribution in [3.05, 3.63) is 0 Å². The Morgan fingerprint density at radius 1 is 1.07 bits per heavy atom. The number of guanidine groups is 1. The second kappa shape index (κ2) is 13.6. The van der Waals surface area contributed by atoms with Gasteiger partial charge in [-0.1, -0.05) is 25.7 Å². The van der Waals surface area contributed by atoms with Gasteiger partial charge >= 0.3 is 0 Å². The third kappa shape index (κ3) is 8.54. The fourth-order valence-corrected chi connectivity index (χ4v) is 3.94. The maximum atomic E-state index is 11.8. The molecule has 158 valence electrons. The van der Waals surface area contributed by atoms with E-state index in [2.05, 4.69) is 22.9 Å². The van der Waals surface area contributed by atoms with Gasteiger partial charge < -0.3 is 21.1 Å².